The zero-order valence-corrected chi connectivity index (χ0v) is 13.5. The second-order valence-corrected chi connectivity index (χ2v) is 6.81. The predicted molar refractivity (Wildman–Crippen MR) is 83.3 cm³/mol. The van der Waals surface area contributed by atoms with Crippen LogP contribution in [0.1, 0.15) is 32.3 Å². The van der Waals surface area contributed by atoms with Gasteiger partial charge in [0.2, 0.25) is 15.9 Å². The van der Waals surface area contributed by atoms with Crippen LogP contribution < -0.4 is 15.8 Å². The normalized spacial score (nSPS) is 12.9. The number of nitrogens with two attached hydrogens (primary N) is 1. The van der Waals surface area contributed by atoms with Gasteiger partial charge in [0.1, 0.15) is 0 Å². The minimum atomic E-state index is -3.64. The molecule has 0 heterocycles. The molecule has 21 heavy (non-hydrogen) atoms. The van der Waals surface area contributed by atoms with E-state index in [2.05, 4.69) is 10.0 Å². The Hall–Kier alpha value is -1.60. The molecule has 0 fully saturated rings. The minimum absolute atomic E-state index is 0.0540. The first-order chi connectivity index (χ1) is 9.76. The van der Waals surface area contributed by atoms with Crippen molar-refractivity contribution in [1.82, 2.24) is 10.0 Å². The molecule has 0 aliphatic rings. The first-order valence-electron chi connectivity index (χ1n) is 6.91. The maximum Gasteiger partial charge on any atom is 0.240 e. The fraction of sp³-hybridized carbons (Fsp3) is 0.500. The lowest BCUT2D eigenvalue weighted by atomic mass is 10.2. The van der Waals surface area contributed by atoms with Crippen LogP contribution in [0, 0.1) is 6.92 Å². The Bertz CT molecular complexity index is 599. The van der Waals surface area contributed by atoms with Gasteiger partial charge in [-0.25, -0.2) is 13.1 Å². The number of nitrogen functional groups attached to an aromatic ring is 1. The highest BCUT2D eigenvalue weighted by Crippen LogP contribution is 2.16. The number of amides is 1. The number of anilines is 1. The molecule has 1 aromatic carbocycles. The number of carbonyl (C=O) groups is 1. The Kier molecular flexibility index (Phi) is 6.17. The fourth-order valence-corrected chi connectivity index (χ4v) is 2.68. The maximum absolute atomic E-state index is 12.1. The molecular formula is C14H23N3O3S. The molecule has 0 aromatic heterocycles. The summed E-state index contributed by atoms with van der Waals surface area (Å²) in [6.45, 7) is 5.73. The molecule has 0 saturated heterocycles. The van der Waals surface area contributed by atoms with Crippen LogP contribution in [0.3, 0.4) is 0 Å². The van der Waals surface area contributed by atoms with Gasteiger partial charge in [-0.05, 0) is 38.0 Å². The molecule has 7 heteroatoms. The van der Waals surface area contributed by atoms with E-state index in [0.29, 0.717) is 5.69 Å². The second kappa shape index (κ2) is 7.42. The molecule has 1 unspecified atom stereocenters. The number of aryl methyl sites for hydroxylation is 1. The van der Waals surface area contributed by atoms with Gasteiger partial charge >= 0.3 is 0 Å². The topological polar surface area (TPSA) is 101 Å². The average molecular weight is 313 g/mol. The number of sulfonamides is 1. The van der Waals surface area contributed by atoms with Crippen LogP contribution in [0.5, 0.6) is 0 Å². The minimum Gasteiger partial charge on any atom is -0.398 e. The third kappa shape index (κ3) is 5.35. The van der Waals surface area contributed by atoms with E-state index in [0.717, 1.165) is 12.0 Å². The lowest BCUT2D eigenvalue weighted by Crippen LogP contribution is -2.35. The number of hydrogen-bond donors (Lipinski definition) is 3. The molecule has 0 aliphatic carbocycles. The van der Waals surface area contributed by atoms with Gasteiger partial charge < -0.3 is 11.1 Å². The summed E-state index contributed by atoms with van der Waals surface area (Å²) >= 11 is 0. The SMILES string of the molecule is CCC(C)NC(=O)CCNS(=O)(=O)c1ccc(C)c(N)c1. The van der Waals surface area contributed by atoms with E-state index >= 15 is 0 Å². The summed E-state index contributed by atoms with van der Waals surface area (Å²) in [6, 6.07) is 4.65. The Labute approximate surface area is 126 Å². The van der Waals surface area contributed by atoms with E-state index in [4.69, 9.17) is 5.73 Å². The number of rotatable bonds is 7. The molecule has 118 valence electrons. The number of benzene rings is 1. The summed E-state index contributed by atoms with van der Waals surface area (Å²) < 4.78 is 26.5. The van der Waals surface area contributed by atoms with E-state index in [1.807, 2.05) is 13.8 Å². The van der Waals surface area contributed by atoms with Gasteiger partial charge in [-0.3, -0.25) is 4.79 Å². The van der Waals surface area contributed by atoms with Crippen molar-refractivity contribution in [3.8, 4) is 0 Å². The Morgan fingerprint density at radius 1 is 1.38 bits per heavy atom. The molecule has 0 radical (unpaired) electrons. The molecule has 1 atom stereocenters. The highest BCUT2D eigenvalue weighted by Gasteiger charge is 2.15. The summed E-state index contributed by atoms with van der Waals surface area (Å²) in [6.07, 6.45) is 0.936. The van der Waals surface area contributed by atoms with Crippen molar-refractivity contribution in [2.75, 3.05) is 12.3 Å². The van der Waals surface area contributed by atoms with Crippen molar-refractivity contribution in [3.05, 3.63) is 23.8 Å². The van der Waals surface area contributed by atoms with Gasteiger partial charge in [0.25, 0.3) is 0 Å². The maximum atomic E-state index is 12.1. The standard InChI is InChI=1S/C14H23N3O3S/c1-4-11(3)17-14(18)7-8-16-21(19,20)12-6-5-10(2)13(15)9-12/h5-6,9,11,16H,4,7-8,15H2,1-3H3,(H,17,18). The smallest absolute Gasteiger partial charge is 0.240 e. The van der Waals surface area contributed by atoms with Gasteiger partial charge in [0.15, 0.2) is 0 Å². The summed E-state index contributed by atoms with van der Waals surface area (Å²) in [5, 5.41) is 2.78. The summed E-state index contributed by atoms with van der Waals surface area (Å²) in [4.78, 5) is 11.7. The average Bonchev–Trinajstić information content (AvgIpc) is 2.41. The van der Waals surface area contributed by atoms with Gasteiger partial charge in [-0.2, -0.15) is 0 Å². The van der Waals surface area contributed by atoms with Crippen molar-refractivity contribution >= 4 is 21.6 Å². The Morgan fingerprint density at radius 2 is 2.05 bits per heavy atom. The summed E-state index contributed by atoms with van der Waals surface area (Å²) in [7, 11) is -3.64. The van der Waals surface area contributed by atoms with Crippen LogP contribution in [0.15, 0.2) is 23.1 Å². The van der Waals surface area contributed by atoms with Crippen molar-refractivity contribution in [2.24, 2.45) is 0 Å². The molecule has 0 spiro atoms. The Balaban J connectivity index is 2.57. The van der Waals surface area contributed by atoms with Crippen LogP contribution in [0.4, 0.5) is 5.69 Å². The van der Waals surface area contributed by atoms with Crippen molar-refractivity contribution < 1.29 is 13.2 Å². The van der Waals surface area contributed by atoms with Crippen LogP contribution in [-0.2, 0) is 14.8 Å². The third-order valence-corrected chi connectivity index (χ3v) is 4.68. The number of hydrogen-bond acceptors (Lipinski definition) is 4. The monoisotopic (exact) mass is 313 g/mol. The fourth-order valence-electron chi connectivity index (χ4n) is 1.62. The van der Waals surface area contributed by atoms with Gasteiger partial charge in [-0.15, -0.1) is 0 Å². The molecular weight excluding hydrogens is 290 g/mol. The molecule has 1 aromatic rings. The summed E-state index contributed by atoms with van der Waals surface area (Å²) in [5.41, 5.74) is 6.95. The second-order valence-electron chi connectivity index (χ2n) is 5.04. The largest absolute Gasteiger partial charge is 0.398 e. The van der Waals surface area contributed by atoms with Gasteiger partial charge in [-0.1, -0.05) is 13.0 Å². The molecule has 6 nitrogen and oxygen atoms in total. The van der Waals surface area contributed by atoms with E-state index in [1.165, 1.54) is 12.1 Å². The first-order valence-corrected chi connectivity index (χ1v) is 8.39. The van der Waals surface area contributed by atoms with Crippen LogP contribution in [0.2, 0.25) is 0 Å². The molecule has 4 N–H and O–H groups in total. The highest BCUT2D eigenvalue weighted by atomic mass is 32.2. The van der Waals surface area contributed by atoms with Crippen LogP contribution >= 0.6 is 0 Å². The lowest BCUT2D eigenvalue weighted by Gasteiger charge is -2.12. The zero-order valence-electron chi connectivity index (χ0n) is 12.6. The number of carbonyl (C=O) groups excluding carboxylic acids is 1. The molecule has 0 saturated carbocycles. The van der Waals surface area contributed by atoms with Crippen LogP contribution in [0.25, 0.3) is 0 Å². The van der Waals surface area contributed by atoms with Crippen molar-refractivity contribution in [3.63, 3.8) is 0 Å². The molecule has 0 aliphatic heterocycles. The van der Waals surface area contributed by atoms with E-state index in [9.17, 15) is 13.2 Å². The Morgan fingerprint density at radius 3 is 2.62 bits per heavy atom. The quantitative estimate of drug-likeness (QED) is 0.657. The van der Waals surface area contributed by atoms with Crippen LogP contribution in [-0.4, -0.2) is 26.9 Å². The highest BCUT2D eigenvalue weighted by molar-refractivity contribution is 7.89. The molecule has 1 rings (SSSR count). The summed E-state index contributed by atoms with van der Waals surface area (Å²) in [5.74, 6) is -0.171. The van der Waals surface area contributed by atoms with Crippen molar-refractivity contribution in [2.45, 2.75) is 44.6 Å². The van der Waals surface area contributed by atoms with E-state index < -0.39 is 10.0 Å². The predicted octanol–water partition coefficient (Wildman–Crippen LogP) is 1.16. The third-order valence-electron chi connectivity index (χ3n) is 3.22. The van der Waals surface area contributed by atoms with Gasteiger partial charge in [0, 0.05) is 24.7 Å². The van der Waals surface area contributed by atoms with E-state index in [-0.39, 0.29) is 29.8 Å². The molecule has 0 bridgehead atoms. The van der Waals surface area contributed by atoms with E-state index in [1.54, 1.807) is 13.0 Å². The van der Waals surface area contributed by atoms with Crippen molar-refractivity contribution in [1.29, 1.82) is 0 Å². The number of nitrogens with one attached hydrogen (secondary N) is 2. The van der Waals surface area contributed by atoms with Gasteiger partial charge in [0.05, 0.1) is 4.90 Å². The zero-order chi connectivity index (χ0) is 16.0. The first kappa shape index (κ1) is 17.5. The molecule has 1 amide bonds. The lowest BCUT2D eigenvalue weighted by molar-refractivity contribution is -0.121.